The zero-order valence-corrected chi connectivity index (χ0v) is 14.8. The number of hydrogen-bond donors (Lipinski definition) is 2. The minimum atomic E-state index is -4.55. The highest BCUT2D eigenvalue weighted by Gasteiger charge is 2.34. The Kier molecular flexibility index (Phi) is 7.14. The zero-order chi connectivity index (χ0) is 20.6. The van der Waals surface area contributed by atoms with E-state index in [1.807, 2.05) is 0 Å². The Labute approximate surface area is 159 Å². The topological polar surface area (TPSA) is 80.3 Å². The minimum absolute atomic E-state index is 0.0262. The van der Waals surface area contributed by atoms with Gasteiger partial charge in [0.05, 0.1) is 5.56 Å². The first-order chi connectivity index (χ1) is 13.3. The molecule has 0 atom stereocenters. The number of pyridine rings is 1. The van der Waals surface area contributed by atoms with Gasteiger partial charge < -0.3 is 15.4 Å². The van der Waals surface area contributed by atoms with E-state index in [0.717, 1.165) is 12.1 Å². The molecule has 1 heterocycles. The van der Waals surface area contributed by atoms with Crippen LogP contribution < -0.4 is 15.4 Å². The van der Waals surface area contributed by atoms with E-state index in [-0.39, 0.29) is 43.0 Å². The summed E-state index contributed by atoms with van der Waals surface area (Å²) in [5.41, 5.74) is -0.310. The molecular formula is C19H18F3N3O3. The summed E-state index contributed by atoms with van der Waals surface area (Å²) in [6, 6.07) is 7.86. The highest BCUT2D eigenvalue weighted by molar-refractivity contribution is 5.87. The molecular weight excluding hydrogens is 375 g/mol. The fraction of sp³-hybridized carbons (Fsp3) is 0.211. The van der Waals surface area contributed by atoms with E-state index in [1.54, 1.807) is 6.07 Å². The van der Waals surface area contributed by atoms with E-state index in [1.165, 1.54) is 30.5 Å². The standard InChI is InChI=1S/C19H18F3N3O3/c1-2-16(26)23-10-8-17(27)25-12-13-7-9-24-18(11-13)28-15-6-4-3-5-14(15)19(20,21)22/h2-7,9,11H,1,8,10,12H2,(H,23,26)(H,25,27). The van der Waals surface area contributed by atoms with E-state index in [0.29, 0.717) is 5.56 Å². The monoisotopic (exact) mass is 393 g/mol. The molecule has 2 amide bonds. The number of hydrogen-bond acceptors (Lipinski definition) is 4. The summed E-state index contributed by atoms with van der Waals surface area (Å²) < 4.78 is 44.4. The average molecular weight is 393 g/mol. The largest absolute Gasteiger partial charge is 0.438 e. The van der Waals surface area contributed by atoms with Gasteiger partial charge in [-0.05, 0) is 29.8 Å². The number of benzene rings is 1. The molecule has 2 aromatic rings. The molecule has 0 aliphatic carbocycles. The van der Waals surface area contributed by atoms with Crippen LogP contribution in [0.2, 0.25) is 0 Å². The van der Waals surface area contributed by atoms with Crippen LogP contribution in [0.15, 0.2) is 55.3 Å². The zero-order valence-electron chi connectivity index (χ0n) is 14.8. The number of nitrogens with zero attached hydrogens (tertiary/aromatic N) is 1. The van der Waals surface area contributed by atoms with Crippen molar-refractivity contribution in [3.8, 4) is 11.6 Å². The lowest BCUT2D eigenvalue weighted by molar-refractivity contribution is -0.138. The minimum Gasteiger partial charge on any atom is -0.438 e. The Hall–Kier alpha value is -3.36. The van der Waals surface area contributed by atoms with Crippen molar-refractivity contribution in [2.75, 3.05) is 6.54 Å². The van der Waals surface area contributed by atoms with Crippen molar-refractivity contribution in [2.45, 2.75) is 19.1 Å². The lowest BCUT2D eigenvalue weighted by Gasteiger charge is -2.13. The number of rotatable bonds is 8. The molecule has 0 saturated carbocycles. The maximum Gasteiger partial charge on any atom is 0.419 e. The van der Waals surface area contributed by atoms with Crippen LogP contribution >= 0.6 is 0 Å². The van der Waals surface area contributed by atoms with Crippen LogP contribution in [0, 0.1) is 0 Å². The Bertz CT molecular complexity index is 854. The summed E-state index contributed by atoms with van der Waals surface area (Å²) in [6.07, 6.45) is -2.00. The number of para-hydroxylation sites is 1. The first-order valence-corrected chi connectivity index (χ1v) is 8.25. The Morgan fingerprint density at radius 1 is 1.18 bits per heavy atom. The van der Waals surface area contributed by atoms with Crippen molar-refractivity contribution >= 4 is 11.8 Å². The molecule has 0 bridgehead atoms. The first-order valence-electron chi connectivity index (χ1n) is 8.25. The molecule has 0 fully saturated rings. The van der Waals surface area contributed by atoms with Gasteiger partial charge in [0, 0.05) is 31.8 Å². The molecule has 0 saturated heterocycles. The van der Waals surface area contributed by atoms with Gasteiger partial charge in [0.25, 0.3) is 0 Å². The van der Waals surface area contributed by atoms with Crippen LogP contribution in [0.4, 0.5) is 13.2 Å². The summed E-state index contributed by atoms with van der Waals surface area (Å²) in [5.74, 6) is -1.06. The van der Waals surface area contributed by atoms with Crippen molar-refractivity contribution < 1.29 is 27.5 Å². The van der Waals surface area contributed by atoms with E-state index >= 15 is 0 Å². The molecule has 148 valence electrons. The second-order valence-electron chi connectivity index (χ2n) is 5.62. The third-order valence-electron chi connectivity index (χ3n) is 3.53. The third-order valence-corrected chi connectivity index (χ3v) is 3.53. The number of carbonyl (C=O) groups excluding carboxylic acids is 2. The molecule has 2 rings (SSSR count). The number of aromatic nitrogens is 1. The van der Waals surface area contributed by atoms with Crippen molar-refractivity contribution in [3.63, 3.8) is 0 Å². The number of ether oxygens (including phenoxy) is 1. The second-order valence-corrected chi connectivity index (χ2v) is 5.62. The van der Waals surface area contributed by atoms with Crippen molar-refractivity contribution in [1.29, 1.82) is 0 Å². The van der Waals surface area contributed by atoms with Crippen molar-refractivity contribution in [2.24, 2.45) is 0 Å². The molecule has 0 spiro atoms. The van der Waals surface area contributed by atoms with E-state index in [4.69, 9.17) is 4.74 Å². The Morgan fingerprint density at radius 3 is 2.64 bits per heavy atom. The van der Waals surface area contributed by atoms with Crippen LogP contribution in [0.5, 0.6) is 11.6 Å². The predicted octanol–water partition coefficient (Wildman–Crippen LogP) is 3.20. The van der Waals surface area contributed by atoms with Gasteiger partial charge in [-0.2, -0.15) is 13.2 Å². The van der Waals surface area contributed by atoms with Crippen LogP contribution in [-0.4, -0.2) is 23.3 Å². The number of nitrogens with one attached hydrogen (secondary N) is 2. The van der Waals surface area contributed by atoms with Crippen LogP contribution in [0.25, 0.3) is 0 Å². The van der Waals surface area contributed by atoms with Gasteiger partial charge in [-0.3, -0.25) is 9.59 Å². The SMILES string of the molecule is C=CC(=O)NCCC(=O)NCc1ccnc(Oc2ccccc2C(F)(F)F)c1. The molecule has 0 aliphatic rings. The maximum atomic E-state index is 13.0. The number of halogens is 3. The number of alkyl halides is 3. The fourth-order valence-corrected chi connectivity index (χ4v) is 2.18. The van der Waals surface area contributed by atoms with Gasteiger partial charge in [0.1, 0.15) is 5.75 Å². The summed E-state index contributed by atoms with van der Waals surface area (Å²) in [6.45, 7) is 3.59. The summed E-state index contributed by atoms with van der Waals surface area (Å²) in [5, 5.41) is 5.11. The lowest BCUT2D eigenvalue weighted by Crippen LogP contribution is -2.29. The Balaban J connectivity index is 1.95. The smallest absolute Gasteiger partial charge is 0.419 e. The highest BCUT2D eigenvalue weighted by Crippen LogP contribution is 2.37. The Morgan fingerprint density at radius 2 is 1.93 bits per heavy atom. The summed E-state index contributed by atoms with van der Waals surface area (Å²) in [7, 11) is 0. The summed E-state index contributed by atoms with van der Waals surface area (Å²) in [4.78, 5) is 26.7. The van der Waals surface area contributed by atoms with E-state index < -0.39 is 11.7 Å². The van der Waals surface area contributed by atoms with Gasteiger partial charge >= 0.3 is 6.18 Å². The number of amides is 2. The molecule has 0 aliphatic heterocycles. The average Bonchev–Trinajstić information content (AvgIpc) is 2.66. The molecule has 2 N–H and O–H groups in total. The normalized spacial score (nSPS) is 10.8. The van der Waals surface area contributed by atoms with E-state index in [2.05, 4.69) is 22.2 Å². The van der Waals surface area contributed by atoms with Crippen LogP contribution in [0.1, 0.15) is 17.5 Å². The van der Waals surface area contributed by atoms with Crippen LogP contribution in [-0.2, 0) is 22.3 Å². The molecule has 6 nitrogen and oxygen atoms in total. The quantitative estimate of drug-likeness (QED) is 0.675. The third kappa shape index (κ3) is 6.42. The van der Waals surface area contributed by atoms with Gasteiger partial charge in [0.2, 0.25) is 17.7 Å². The number of carbonyl (C=O) groups is 2. The first kappa shape index (κ1) is 20.9. The van der Waals surface area contributed by atoms with Gasteiger partial charge in [-0.1, -0.05) is 18.7 Å². The highest BCUT2D eigenvalue weighted by atomic mass is 19.4. The van der Waals surface area contributed by atoms with Crippen LogP contribution in [0.3, 0.4) is 0 Å². The molecule has 0 radical (unpaired) electrons. The predicted molar refractivity (Wildman–Crippen MR) is 95.4 cm³/mol. The molecule has 1 aromatic carbocycles. The van der Waals surface area contributed by atoms with Gasteiger partial charge in [-0.25, -0.2) is 4.98 Å². The molecule has 28 heavy (non-hydrogen) atoms. The second kappa shape index (κ2) is 9.54. The van der Waals surface area contributed by atoms with E-state index in [9.17, 15) is 22.8 Å². The molecule has 0 unspecified atom stereocenters. The van der Waals surface area contributed by atoms with Gasteiger partial charge in [0.15, 0.2) is 0 Å². The maximum absolute atomic E-state index is 13.0. The molecule has 9 heteroatoms. The van der Waals surface area contributed by atoms with Crippen molar-refractivity contribution in [1.82, 2.24) is 15.6 Å². The summed E-state index contributed by atoms with van der Waals surface area (Å²) >= 11 is 0. The van der Waals surface area contributed by atoms with Gasteiger partial charge in [-0.15, -0.1) is 0 Å². The molecule has 1 aromatic heterocycles. The fourth-order valence-electron chi connectivity index (χ4n) is 2.18. The lowest BCUT2D eigenvalue weighted by atomic mass is 10.2. The van der Waals surface area contributed by atoms with Crippen molar-refractivity contribution in [3.05, 3.63) is 66.4 Å².